The number of carbonyl (C=O) groups excluding carboxylic acids is 1. The van der Waals surface area contributed by atoms with Gasteiger partial charge in [-0.25, -0.2) is 4.79 Å². The van der Waals surface area contributed by atoms with Gasteiger partial charge in [0, 0.05) is 6.42 Å². The molecule has 140 valence electrons. The van der Waals surface area contributed by atoms with Crippen LogP contribution in [-0.2, 0) is 4.74 Å². The zero-order valence-corrected chi connectivity index (χ0v) is 16.4. The minimum Gasteiger partial charge on any atom is -0.471 e. The summed E-state index contributed by atoms with van der Waals surface area (Å²) < 4.78 is 11.3. The minimum absolute atomic E-state index is 0.401. The molecule has 0 aliphatic rings. The fourth-order valence-electron chi connectivity index (χ4n) is 2.32. The minimum atomic E-state index is -0.528. The highest BCUT2D eigenvalue weighted by molar-refractivity contribution is 5.68. The van der Waals surface area contributed by atoms with Gasteiger partial charge in [-0.15, -0.1) is 0 Å². The number of ether oxygens (including phenoxy) is 2. The molecule has 4 heteroatoms. The predicted molar refractivity (Wildman–Crippen MR) is 104 cm³/mol. The van der Waals surface area contributed by atoms with E-state index in [-0.39, 0.29) is 0 Å². The lowest BCUT2D eigenvalue weighted by atomic mass is 10.1. The lowest BCUT2D eigenvalue weighted by molar-refractivity contribution is 0.0380. The molecule has 0 saturated carbocycles. The third-order valence-electron chi connectivity index (χ3n) is 3.72. The second-order valence-corrected chi connectivity index (χ2v) is 7.23. The smallest absolute Gasteiger partial charge is 0.410 e. The Morgan fingerprint density at radius 3 is 2.32 bits per heavy atom. The maximum absolute atomic E-state index is 12.0. The van der Waals surface area contributed by atoms with Crippen molar-refractivity contribution in [3.63, 3.8) is 0 Å². The summed E-state index contributed by atoms with van der Waals surface area (Å²) in [5, 5.41) is 2.83. The second kappa shape index (κ2) is 10.1. The van der Waals surface area contributed by atoms with Crippen molar-refractivity contribution in [3.05, 3.63) is 36.4 Å². The highest BCUT2D eigenvalue weighted by atomic mass is 16.6. The summed E-state index contributed by atoms with van der Waals surface area (Å²) in [6.45, 7) is 13.8. The molecule has 1 rings (SSSR count). The normalized spacial score (nSPS) is 12.4. The molecule has 4 nitrogen and oxygen atoms in total. The number of amides is 1. The Morgan fingerprint density at radius 1 is 1.16 bits per heavy atom. The van der Waals surface area contributed by atoms with E-state index in [1.807, 2.05) is 45.0 Å². The number of benzene rings is 1. The molecule has 1 aromatic rings. The molecule has 1 N–H and O–H groups in total. The van der Waals surface area contributed by atoms with Crippen LogP contribution in [-0.4, -0.2) is 17.9 Å². The van der Waals surface area contributed by atoms with Crippen molar-refractivity contribution in [2.45, 2.75) is 78.6 Å². The first kappa shape index (κ1) is 21.1. The van der Waals surface area contributed by atoms with E-state index in [9.17, 15) is 4.79 Å². The average Bonchev–Trinajstić information content (AvgIpc) is 2.53. The second-order valence-electron chi connectivity index (χ2n) is 7.23. The monoisotopic (exact) mass is 347 g/mol. The Labute approximate surface area is 152 Å². The van der Waals surface area contributed by atoms with E-state index in [4.69, 9.17) is 9.47 Å². The molecule has 1 aromatic carbocycles. The van der Waals surface area contributed by atoms with Crippen LogP contribution >= 0.6 is 0 Å². The molecule has 0 spiro atoms. The van der Waals surface area contributed by atoms with Crippen LogP contribution in [0.2, 0.25) is 0 Å². The Bertz CT molecular complexity index is 543. The van der Waals surface area contributed by atoms with E-state index in [0.717, 1.165) is 49.0 Å². The Balaban J connectivity index is 2.71. The molecular formula is C21H33NO3. The Kier molecular flexibility index (Phi) is 8.53. The SMILES string of the molecule is C=C(CC)c1ccc(OC(CCCCC)NC(=O)OC(C)(C)C)cc1. The van der Waals surface area contributed by atoms with Crippen molar-refractivity contribution in [2.24, 2.45) is 0 Å². The summed E-state index contributed by atoms with van der Waals surface area (Å²) in [4.78, 5) is 12.0. The third-order valence-corrected chi connectivity index (χ3v) is 3.72. The van der Waals surface area contributed by atoms with Crippen molar-refractivity contribution in [1.29, 1.82) is 0 Å². The van der Waals surface area contributed by atoms with Crippen LogP contribution in [0.5, 0.6) is 5.75 Å². The van der Waals surface area contributed by atoms with E-state index in [1.165, 1.54) is 0 Å². The number of allylic oxidation sites excluding steroid dienone is 1. The number of alkyl carbamates (subject to hydrolysis) is 1. The summed E-state index contributed by atoms with van der Waals surface area (Å²) >= 11 is 0. The lowest BCUT2D eigenvalue weighted by Crippen LogP contribution is -2.42. The summed E-state index contributed by atoms with van der Waals surface area (Å²) in [6, 6.07) is 7.83. The van der Waals surface area contributed by atoms with Gasteiger partial charge in [0.2, 0.25) is 0 Å². The van der Waals surface area contributed by atoms with Crippen molar-refractivity contribution in [2.75, 3.05) is 0 Å². The summed E-state index contributed by atoms with van der Waals surface area (Å²) in [5.74, 6) is 0.727. The fourth-order valence-corrected chi connectivity index (χ4v) is 2.32. The van der Waals surface area contributed by atoms with Gasteiger partial charge >= 0.3 is 6.09 Å². The molecule has 0 bridgehead atoms. The zero-order chi connectivity index (χ0) is 18.9. The van der Waals surface area contributed by atoms with Crippen LogP contribution in [0.25, 0.3) is 5.57 Å². The van der Waals surface area contributed by atoms with Crippen LogP contribution in [0.3, 0.4) is 0 Å². The molecule has 1 atom stereocenters. The zero-order valence-electron chi connectivity index (χ0n) is 16.4. The maximum Gasteiger partial charge on any atom is 0.410 e. The first-order valence-corrected chi connectivity index (χ1v) is 9.19. The highest BCUT2D eigenvalue weighted by Gasteiger charge is 2.20. The van der Waals surface area contributed by atoms with E-state index in [0.29, 0.717) is 0 Å². The third kappa shape index (κ3) is 8.62. The number of unbranched alkanes of at least 4 members (excludes halogenated alkanes) is 2. The van der Waals surface area contributed by atoms with Crippen molar-refractivity contribution in [1.82, 2.24) is 5.32 Å². The summed E-state index contributed by atoms with van der Waals surface area (Å²) in [5.41, 5.74) is 1.68. The molecule has 0 fully saturated rings. The van der Waals surface area contributed by atoms with Gasteiger partial charge < -0.3 is 9.47 Å². The fraction of sp³-hybridized carbons (Fsp3) is 0.571. The molecule has 0 aliphatic carbocycles. The predicted octanol–water partition coefficient (Wildman–Crippen LogP) is 5.92. The average molecular weight is 347 g/mol. The van der Waals surface area contributed by atoms with E-state index >= 15 is 0 Å². The molecule has 0 aliphatic heterocycles. The number of hydrogen-bond donors (Lipinski definition) is 1. The van der Waals surface area contributed by atoms with Crippen molar-refractivity contribution < 1.29 is 14.3 Å². The van der Waals surface area contributed by atoms with E-state index < -0.39 is 17.9 Å². The topological polar surface area (TPSA) is 47.6 Å². The van der Waals surface area contributed by atoms with E-state index in [2.05, 4.69) is 25.7 Å². The van der Waals surface area contributed by atoms with Crippen LogP contribution in [0.4, 0.5) is 4.79 Å². The Morgan fingerprint density at radius 2 is 1.80 bits per heavy atom. The summed E-state index contributed by atoms with van der Waals surface area (Å²) in [6.07, 6.45) is 4.02. The van der Waals surface area contributed by atoms with E-state index in [1.54, 1.807) is 0 Å². The quantitative estimate of drug-likeness (QED) is 0.445. The lowest BCUT2D eigenvalue weighted by Gasteiger charge is -2.24. The van der Waals surface area contributed by atoms with Gasteiger partial charge in [0.15, 0.2) is 6.23 Å². The number of hydrogen-bond acceptors (Lipinski definition) is 3. The first-order chi connectivity index (χ1) is 11.7. The number of rotatable bonds is 9. The van der Waals surface area contributed by atoms with Crippen LogP contribution in [0.1, 0.15) is 72.3 Å². The molecule has 1 amide bonds. The van der Waals surface area contributed by atoms with Crippen LogP contribution in [0.15, 0.2) is 30.8 Å². The van der Waals surface area contributed by atoms with Gasteiger partial charge in [-0.2, -0.15) is 0 Å². The van der Waals surface area contributed by atoms with Crippen LogP contribution in [0, 0.1) is 0 Å². The van der Waals surface area contributed by atoms with Gasteiger partial charge in [-0.3, -0.25) is 5.32 Å². The van der Waals surface area contributed by atoms with Gasteiger partial charge in [0.25, 0.3) is 0 Å². The molecular weight excluding hydrogens is 314 g/mol. The highest BCUT2D eigenvalue weighted by Crippen LogP contribution is 2.21. The van der Waals surface area contributed by atoms with Gasteiger partial charge in [-0.1, -0.05) is 45.4 Å². The van der Waals surface area contributed by atoms with Gasteiger partial charge in [-0.05, 0) is 56.9 Å². The standard InChI is InChI=1S/C21H33NO3/c1-7-9-10-11-19(22-20(23)25-21(4,5)6)24-18-14-12-17(13-15-18)16(3)8-2/h12-15,19H,3,7-11H2,1-2,4-6H3,(H,22,23). The molecule has 0 radical (unpaired) electrons. The maximum atomic E-state index is 12.0. The van der Waals surface area contributed by atoms with Gasteiger partial charge in [0.05, 0.1) is 0 Å². The molecule has 1 unspecified atom stereocenters. The van der Waals surface area contributed by atoms with Crippen molar-refractivity contribution >= 4 is 11.7 Å². The number of carbonyl (C=O) groups is 1. The number of nitrogens with one attached hydrogen (secondary N) is 1. The molecule has 0 saturated heterocycles. The molecule has 25 heavy (non-hydrogen) atoms. The Hall–Kier alpha value is -1.97. The van der Waals surface area contributed by atoms with Gasteiger partial charge in [0.1, 0.15) is 11.4 Å². The first-order valence-electron chi connectivity index (χ1n) is 9.19. The van der Waals surface area contributed by atoms with Crippen molar-refractivity contribution in [3.8, 4) is 5.75 Å². The molecule has 0 heterocycles. The largest absolute Gasteiger partial charge is 0.471 e. The summed E-state index contributed by atoms with van der Waals surface area (Å²) in [7, 11) is 0. The van der Waals surface area contributed by atoms with Crippen LogP contribution < -0.4 is 10.1 Å². The molecule has 0 aromatic heterocycles.